The third kappa shape index (κ3) is 14.5. The van der Waals surface area contributed by atoms with Gasteiger partial charge in [0.1, 0.15) is 0 Å². The van der Waals surface area contributed by atoms with E-state index >= 15 is 0 Å². The smallest absolute Gasteiger partial charge is 0.229 e. The van der Waals surface area contributed by atoms with E-state index in [-0.39, 0.29) is 23.9 Å². The topological polar surface area (TPSA) is 63.4 Å². The molecule has 2 amide bonds. The molecule has 1 aliphatic carbocycles. The largest absolute Gasteiger partial charge is 0.326 e. The molecule has 200 valence electrons. The Labute approximate surface area is 212 Å². The van der Waals surface area contributed by atoms with Crippen molar-refractivity contribution in [2.75, 3.05) is 0 Å². The molecule has 1 aliphatic rings. The zero-order chi connectivity index (χ0) is 24.9. The molecule has 0 aromatic heterocycles. The molecule has 0 aromatic rings. The standard InChI is InChI=1S/C30H58N2O2/c1-3-5-7-9-11-13-15-17-19-25-29(33)32(28-24-22-21-23-27(28)31)30(34)26-20-18-16-14-12-10-8-6-4-2/h27-28H,3-26,31H2,1-2H3. The van der Waals surface area contributed by atoms with Crippen LogP contribution in [-0.4, -0.2) is 28.8 Å². The van der Waals surface area contributed by atoms with E-state index in [1.165, 1.54) is 89.9 Å². The van der Waals surface area contributed by atoms with Crippen LogP contribution in [0.25, 0.3) is 0 Å². The van der Waals surface area contributed by atoms with Crippen molar-refractivity contribution < 1.29 is 9.59 Å². The van der Waals surface area contributed by atoms with Gasteiger partial charge in [0.15, 0.2) is 0 Å². The van der Waals surface area contributed by atoms with Gasteiger partial charge in [0, 0.05) is 18.9 Å². The predicted molar refractivity (Wildman–Crippen MR) is 146 cm³/mol. The Morgan fingerprint density at radius 3 is 1.32 bits per heavy atom. The summed E-state index contributed by atoms with van der Waals surface area (Å²) in [6.45, 7) is 4.50. The lowest BCUT2D eigenvalue weighted by atomic mass is 9.89. The average Bonchev–Trinajstić information content (AvgIpc) is 2.83. The van der Waals surface area contributed by atoms with Crippen LogP contribution >= 0.6 is 0 Å². The van der Waals surface area contributed by atoms with Crippen molar-refractivity contribution in [1.82, 2.24) is 4.90 Å². The molecule has 1 saturated carbocycles. The van der Waals surface area contributed by atoms with Crippen molar-refractivity contribution in [3.8, 4) is 0 Å². The molecule has 0 saturated heterocycles. The number of carbonyl (C=O) groups excluding carboxylic acids is 2. The summed E-state index contributed by atoms with van der Waals surface area (Å²) in [5.41, 5.74) is 6.40. The Hall–Kier alpha value is -0.900. The lowest BCUT2D eigenvalue weighted by molar-refractivity contribution is -0.149. The van der Waals surface area contributed by atoms with Gasteiger partial charge in [0.2, 0.25) is 11.8 Å². The molecule has 2 unspecified atom stereocenters. The highest BCUT2D eigenvalue weighted by Crippen LogP contribution is 2.25. The van der Waals surface area contributed by atoms with Crippen molar-refractivity contribution in [1.29, 1.82) is 0 Å². The van der Waals surface area contributed by atoms with Crippen molar-refractivity contribution in [3.05, 3.63) is 0 Å². The maximum Gasteiger partial charge on any atom is 0.229 e. The van der Waals surface area contributed by atoms with Gasteiger partial charge in [-0.05, 0) is 25.7 Å². The zero-order valence-corrected chi connectivity index (χ0v) is 23.0. The van der Waals surface area contributed by atoms with E-state index in [9.17, 15) is 9.59 Å². The molecule has 0 aromatic carbocycles. The number of hydrogen-bond acceptors (Lipinski definition) is 3. The molecule has 1 fully saturated rings. The molecular formula is C30H58N2O2. The molecule has 0 bridgehead atoms. The first-order valence-electron chi connectivity index (χ1n) is 15.2. The van der Waals surface area contributed by atoms with Crippen LogP contribution in [-0.2, 0) is 9.59 Å². The monoisotopic (exact) mass is 478 g/mol. The first-order valence-corrected chi connectivity index (χ1v) is 15.2. The molecule has 4 heteroatoms. The Morgan fingerprint density at radius 2 is 0.941 bits per heavy atom. The first kappa shape index (κ1) is 31.1. The van der Waals surface area contributed by atoms with Crippen LogP contribution in [0.4, 0.5) is 0 Å². The fourth-order valence-corrected chi connectivity index (χ4v) is 5.38. The van der Waals surface area contributed by atoms with Gasteiger partial charge in [-0.1, -0.05) is 129 Å². The van der Waals surface area contributed by atoms with Crippen LogP contribution in [0.1, 0.15) is 168 Å². The summed E-state index contributed by atoms with van der Waals surface area (Å²) in [7, 11) is 0. The number of imide groups is 1. The second-order valence-corrected chi connectivity index (χ2v) is 10.8. The molecule has 0 spiro atoms. The number of carbonyl (C=O) groups is 2. The van der Waals surface area contributed by atoms with Crippen molar-refractivity contribution in [2.24, 2.45) is 5.73 Å². The van der Waals surface area contributed by atoms with Gasteiger partial charge >= 0.3 is 0 Å². The molecule has 34 heavy (non-hydrogen) atoms. The van der Waals surface area contributed by atoms with Gasteiger partial charge in [-0.25, -0.2) is 0 Å². The highest BCUT2D eigenvalue weighted by atomic mass is 16.2. The van der Waals surface area contributed by atoms with E-state index in [2.05, 4.69) is 13.8 Å². The molecule has 0 radical (unpaired) electrons. The van der Waals surface area contributed by atoms with Crippen LogP contribution in [0.2, 0.25) is 0 Å². The van der Waals surface area contributed by atoms with Gasteiger partial charge in [0.25, 0.3) is 0 Å². The molecule has 2 atom stereocenters. The lowest BCUT2D eigenvalue weighted by Gasteiger charge is -2.37. The minimum Gasteiger partial charge on any atom is -0.326 e. The lowest BCUT2D eigenvalue weighted by Crippen LogP contribution is -2.54. The maximum absolute atomic E-state index is 13.1. The number of unbranched alkanes of at least 4 members (excludes halogenated alkanes) is 16. The Bertz CT molecular complexity index is 474. The Balaban J connectivity index is 2.35. The zero-order valence-electron chi connectivity index (χ0n) is 23.0. The van der Waals surface area contributed by atoms with Gasteiger partial charge in [-0.3, -0.25) is 14.5 Å². The maximum atomic E-state index is 13.1. The Morgan fingerprint density at radius 1 is 0.588 bits per heavy atom. The van der Waals surface area contributed by atoms with Gasteiger partial charge in [-0.2, -0.15) is 0 Å². The summed E-state index contributed by atoms with van der Waals surface area (Å²) in [5, 5.41) is 0. The van der Waals surface area contributed by atoms with Gasteiger partial charge in [0.05, 0.1) is 6.04 Å². The first-order chi connectivity index (χ1) is 16.6. The van der Waals surface area contributed by atoms with Crippen LogP contribution in [0.3, 0.4) is 0 Å². The fourth-order valence-electron chi connectivity index (χ4n) is 5.38. The third-order valence-corrected chi connectivity index (χ3v) is 7.64. The number of nitrogens with zero attached hydrogens (tertiary/aromatic N) is 1. The van der Waals surface area contributed by atoms with Crippen molar-refractivity contribution in [3.63, 3.8) is 0 Å². The van der Waals surface area contributed by atoms with Gasteiger partial charge < -0.3 is 5.73 Å². The quantitative estimate of drug-likeness (QED) is 0.168. The predicted octanol–water partition coefficient (Wildman–Crippen LogP) is 8.45. The van der Waals surface area contributed by atoms with Crippen LogP contribution in [0.5, 0.6) is 0 Å². The van der Waals surface area contributed by atoms with Crippen LogP contribution in [0, 0.1) is 0 Å². The number of amides is 2. The minimum absolute atomic E-state index is 0.0335. The molecule has 0 heterocycles. The van der Waals surface area contributed by atoms with Crippen molar-refractivity contribution in [2.45, 2.75) is 180 Å². The normalized spacial score (nSPS) is 18.2. The third-order valence-electron chi connectivity index (χ3n) is 7.64. The van der Waals surface area contributed by atoms with Crippen LogP contribution < -0.4 is 5.73 Å². The minimum atomic E-state index is -0.0779. The SMILES string of the molecule is CCCCCCCCCCCC(=O)N(C(=O)CCCCCCCCCCC)C1CCCCC1N. The summed E-state index contributed by atoms with van der Waals surface area (Å²) in [4.78, 5) is 27.9. The summed E-state index contributed by atoms with van der Waals surface area (Å²) >= 11 is 0. The average molecular weight is 479 g/mol. The van der Waals surface area contributed by atoms with Crippen LogP contribution in [0.15, 0.2) is 0 Å². The van der Waals surface area contributed by atoms with E-state index < -0.39 is 0 Å². The number of rotatable bonds is 21. The fraction of sp³-hybridized carbons (Fsp3) is 0.933. The highest BCUT2D eigenvalue weighted by Gasteiger charge is 2.34. The molecule has 4 nitrogen and oxygen atoms in total. The number of nitrogens with two attached hydrogens (primary N) is 1. The summed E-state index contributed by atoms with van der Waals surface area (Å²) in [6.07, 6.45) is 27.2. The Kier molecular flexibility index (Phi) is 19.6. The number of hydrogen-bond donors (Lipinski definition) is 1. The molecular weight excluding hydrogens is 420 g/mol. The second kappa shape index (κ2) is 21.4. The molecule has 2 N–H and O–H groups in total. The molecule has 0 aliphatic heterocycles. The summed E-state index contributed by atoms with van der Waals surface area (Å²) < 4.78 is 0. The van der Waals surface area contributed by atoms with Crippen molar-refractivity contribution >= 4 is 11.8 Å². The van der Waals surface area contributed by atoms with E-state index in [1.54, 1.807) is 4.90 Å². The van der Waals surface area contributed by atoms with E-state index in [0.29, 0.717) is 12.8 Å². The summed E-state index contributed by atoms with van der Waals surface area (Å²) in [5.74, 6) is 0.0671. The van der Waals surface area contributed by atoms with E-state index in [1.807, 2.05) is 0 Å². The van der Waals surface area contributed by atoms with E-state index in [0.717, 1.165) is 51.4 Å². The van der Waals surface area contributed by atoms with Gasteiger partial charge in [-0.15, -0.1) is 0 Å². The van der Waals surface area contributed by atoms with E-state index in [4.69, 9.17) is 5.73 Å². The molecule has 1 rings (SSSR count). The summed E-state index contributed by atoms with van der Waals surface area (Å²) in [6, 6.07) is -0.126. The second-order valence-electron chi connectivity index (χ2n) is 10.8. The highest BCUT2D eigenvalue weighted by molar-refractivity contribution is 5.95.